The van der Waals surface area contributed by atoms with Gasteiger partial charge in [-0.3, -0.25) is 4.79 Å². The molecule has 10 heteroatoms. The van der Waals surface area contributed by atoms with Gasteiger partial charge in [0, 0.05) is 31.6 Å². The molecule has 0 saturated carbocycles. The largest absolute Gasteiger partial charge is 0.454 e. The first kappa shape index (κ1) is 25.7. The Morgan fingerprint density at radius 1 is 0.975 bits per heavy atom. The average molecular weight is 617 g/mol. The van der Waals surface area contributed by atoms with Crippen LogP contribution in [0.25, 0.3) is 22.0 Å². The lowest BCUT2D eigenvalue weighted by molar-refractivity contribution is 0.0733. The number of fused-ring (bicyclic) bond motifs is 2. The van der Waals surface area contributed by atoms with E-state index >= 15 is 0 Å². The Labute approximate surface area is 241 Å². The van der Waals surface area contributed by atoms with E-state index in [4.69, 9.17) is 25.8 Å². The van der Waals surface area contributed by atoms with Crippen molar-refractivity contribution in [2.45, 2.75) is 0 Å². The molecule has 0 saturated heterocycles. The predicted molar refractivity (Wildman–Crippen MR) is 155 cm³/mol. The van der Waals surface area contributed by atoms with Crippen LogP contribution >= 0.6 is 27.5 Å². The molecule has 0 spiro atoms. The van der Waals surface area contributed by atoms with Gasteiger partial charge < -0.3 is 19.2 Å². The van der Waals surface area contributed by atoms with Crippen molar-refractivity contribution in [2.24, 2.45) is 5.10 Å². The molecule has 0 bridgehead atoms. The highest BCUT2D eigenvalue weighted by molar-refractivity contribution is 9.10. The normalized spacial score (nSPS) is 12.2. The second-order valence-electron chi connectivity index (χ2n) is 8.71. The van der Waals surface area contributed by atoms with Gasteiger partial charge in [-0.15, -0.1) is 0 Å². The summed E-state index contributed by atoms with van der Waals surface area (Å²) in [6, 6.07) is 24.7. The highest BCUT2D eigenvalue weighted by atomic mass is 79.9. The molecule has 1 aliphatic heterocycles. The first-order valence-corrected chi connectivity index (χ1v) is 13.3. The Balaban J connectivity index is 1.25. The van der Waals surface area contributed by atoms with E-state index in [-0.39, 0.29) is 12.5 Å². The molecule has 0 radical (unpaired) electrons. The maximum Gasteiger partial charge on any atom is 0.343 e. The number of nitrogens with zero attached hydrogens (tertiary/aromatic N) is 1. The standard InChI is InChI=1S/C30H19BrClN3O5/c31-21-9-5-8-20-26(19-7-2-3-10-22(19)32)28(34-27(20)21)29(36)35-33-15-18-6-1-4-11-23(18)40-30(37)17-12-13-24-25(14-17)39-16-38-24/h1-15,34H,16H2,(H,35,36). The van der Waals surface area contributed by atoms with Crippen LogP contribution in [0, 0.1) is 0 Å². The fraction of sp³-hybridized carbons (Fsp3) is 0.0333. The lowest BCUT2D eigenvalue weighted by atomic mass is 10.0. The van der Waals surface area contributed by atoms with Gasteiger partial charge in [-0.2, -0.15) is 5.10 Å². The van der Waals surface area contributed by atoms with Crippen molar-refractivity contribution in [3.05, 3.63) is 111 Å². The molecule has 2 heterocycles. The number of para-hydroxylation sites is 2. The summed E-state index contributed by atoms with van der Waals surface area (Å²) in [5.41, 5.74) is 5.79. The Kier molecular flexibility index (Phi) is 6.98. The van der Waals surface area contributed by atoms with Crippen LogP contribution in [0.5, 0.6) is 17.2 Å². The molecule has 2 N–H and O–H groups in total. The van der Waals surface area contributed by atoms with Crippen molar-refractivity contribution >= 4 is 56.5 Å². The van der Waals surface area contributed by atoms with Crippen LogP contribution in [0.4, 0.5) is 0 Å². The van der Waals surface area contributed by atoms with Gasteiger partial charge in [0.15, 0.2) is 11.5 Å². The van der Waals surface area contributed by atoms with Crippen molar-refractivity contribution in [1.29, 1.82) is 0 Å². The van der Waals surface area contributed by atoms with Gasteiger partial charge in [0.05, 0.1) is 17.3 Å². The van der Waals surface area contributed by atoms with E-state index in [2.05, 4.69) is 31.4 Å². The van der Waals surface area contributed by atoms with E-state index in [1.807, 2.05) is 36.4 Å². The van der Waals surface area contributed by atoms with Crippen molar-refractivity contribution in [2.75, 3.05) is 6.79 Å². The molecular formula is C30H19BrClN3O5. The van der Waals surface area contributed by atoms with Crippen LogP contribution < -0.4 is 19.6 Å². The third-order valence-electron chi connectivity index (χ3n) is 6.25. The number of amides is 1. The van der Waals surface area contributed by atoms with E-state index in [9.17, 15) is 9.59 Å². The number of hydrazone groups is 1. The van der Waals surface area contributed by atoms with Gasteiger partial charge in [0.2, 0.25) is 6.79 Å². The van der Waals surface area contributed by atoms with Gasteiger partial charge in [0.25, 0.3) is 5.91 Å². The molecule has 1 amide bonds. The van der Waals surface area contributed by atoms with Crippen LogP contribution in [0.1, 0.15) is 26.4 Å². The summed E-state index contributed by atoms with van der Waals surface area (Å²) in [5.74, 6) is 0.279. The molecule has 0 unspecified atom stereocenters. The molecule has 0 aliphatic carbocycles. The summed E-state index contributed by atoms with van der Waals surface area (Å²) in [6.07, 6.45) is 1.41. The molecule has 0 fully saturated rings. The van der Waals surface area contributed by atoms with Crippen molar-refractivity contribution < 1.29 is 23.8 Å². The Morgan fingerprint density at radius 3 is 2.65 bits per heavy atom. The molecule has 0 atom stereocenters. The molecule has 1 aromatic heterocycles. The summed E-state index contributed by atoms with van der Waals surface area (Å²) in [4.78, 5) is 29.3. The van der Waals surface area contributed by atoms with Crippen molar-refractivity contribution in [3.8, 4) is 28.4 Å². The summed E-state index contributed by atoms with van der Waals surface area (Å²) < 4.78 is 17.0. The second kappa shape index (κ2) is 10.9. The van der Waals surface area contributed by atoms with Gasteiger partial charge in [-0.1, -0.05) is 54.1 Å². The zero-order valence-electron chi connectivity index (χ0n) is 20.6. The molecule has 8 nitrogen and oxygen atoms in total. The van der Waals surface area contributed by atoms with Crippen LogP contribution in [0.2, 0.25) is 5.02 Å². The number of aromatic amines is 1. The highest BCUT2D eigenvalue weighted by Gasteiger charge is 2.22. The number of esters is 1. The molecule has 198 valence electrons. The Morgan fingerprint density at radius 2 is 1.77 bits per heavy atom. The number of halogens is 2. The first-order valence-electron chi connectivity index (χ1n) is 12.1. The minimum absolute atomic E-state index is 0.106. The summed E-state index contributed by atoms with van der Waals surface area (Å²) >= 11 is 10.1. The minimum atomic E-state index is -0.573. The maximum atomic E-state index is 13.3. The number of aromatic nitrogens is 1. The quantitative estimate of drug-likeness (QED) is 0.0929. The van der Waals surface area contributed by atoms with E-state index < -0.39 is 11.9 Å². The van der Waals surface area contributed by atoms with Gasteiger partial charge in [0.1, 0.15) is 11.4 Å². The smallest absolute Gasteiger partial charge is 0.343 e. The lowest BCUT2D eigenvalue weighted by Crippen LogP contribution is -2.19. The SMILES string of the molecule is O=C(Oc1ccccc1C=NNC(=O)c1[nH]c2c(Br)cccc2c1-c1ccccc1Cl)c1ccc2c(c1)OCO2. The molecule has 40 heavy (non-hydrogen) atoms. The van der Waals surface area contributed by atoms with Crippen LogP contribution in [-0.2, 0) is 0 Å². The predicted octanol–water partition coefficient (Wildman–Crippen LogP) is 6.96. The lowest BCUT2D eigenvalue weighted by Gasteiger charge is -2.08. The van der Waals surface area contributed by atoms with Crippen molar-refractivity contribution in [1.82, 2.24) is 10.4 Å². The number of ether oxygens (including phenoxy) is 3. The number of rotatable bonds is 6. The van der Waals surface area contributed by atoms with Gasteiger partial charge >= 0.3 is 5.97 Å². The molecule has 1 aliphatic rings. The first-order chi connectivity index (χ1) is 19.5. The highest BCUT2D eigenvalue weighted by Crippen LogP contribution is 2.39. The summed E-state index contributed by atoms with van der Waals surface area (Å²) in [5, 5.41) is 5.48. The Bertz CT molecular complexity index is 1820. The number of H-pyrrole nitrogens is 1. The minimum Gasteiger partial charge on any atom is -0.454 e. The monoisotopic (exact) mass is 615 g/mol. The molecule has 4 aromatic carbocycles. The fourth-order valence-corrected chi connectivity index (χ4v) is 5.07. The zero-order valence-corrected chi connectivity index (χ0v) is 23.0. The van der Waals surface area contributed by atoms with Gasteiger partial charge in [-0.05, 0) is 58.4 Å². The average Bonchev–Trinajstić information content (AvgIpc) is 3.59. The molecule has 6 rings (SSSR count). The number of carbonyl (C=O) groups excluding carboxylic acids is 2. The number of benzene rings is 4. The number of hydrogen-bond donors (Lipinski definition) is 2. The summed E-state index contributed by atoms with van der Waals surface area (Å²) in [6.45, 7) is 0.106. The summed E-state index contributed by atoms with van der Waals surface area (Å²) in [7, 11) is 0. The zero-order chi connectivity index (χ0) is 27.6. The number of carbonyl (C=O) groups is 2. The van der Waals surface area contributed by atoms with E-state index in [1.165, 1.54) is 6.21 Å². The molecule has 5 aromatic rings. The second-order valence-corrected chi connectivity index (χ2v) is 9.97. The fourth-order valence-electron chi connectivity index (χ4n) is 4.37. The molecular weight excluding hydrogens is 598 g/mol. The van der Waals surface area contributed by atoms with Crippen LogP contribution in [0.15, 0.2) is 94.5 Å². The van der Waals surface area contributed by atoms with E-state index in [0.29, 0.717) is 44.5 Å². The van der Waals surface area contributed by atoms with Crippen LogP contribution in [0.3, 0.4) is 0 Å². The maximum absolute atomic E-state index is 13.3. The van der Waals surface area contributed by atoms with E-state index in [0.717, 1.165) is 15.4 Å². The third-order valence-corrected chi connectivity index (χ3v) is 7.24. The third kappa shape index (κ3) is 4.92. The topological polar surface area (TPSA) is 102 Å². The van der Waals surface area contributed by atoms with Crippen molar-refractivity contribution in [3.63, 3.8) is 0 Å². The Hall–Kier alpha value is -4.60. The number of hydrogen-bond acceptors (Lipinski definition) is 6. The van der Waals surface area contributed by atoms with E-state index in [1.54, 1.807) is 48.5 Å². The number of nitrogens with one attached hydrogen (secondary N) is 2. The van der Waals surface area contributed by atoms with Gasteiger partial charge in [-0.25, -0.2) is 10.2 Å². The van der Waals surface area contributed by atoms with Crippen LogP contribution in [-0.4, -0.2) is 29.9 Å².